The number of rotatable bonds is 1. The van der Waals surface area contributed by atoms with Crippen molar-refractivity contribution in [2.24, 2.45) is 0 Å². The molecule has 0 fully saturated rings. The molecule has 0 aliphatic heterocycles. The Labute approximate surface area is 73.4 Å². The molecule has 12 heavy (non-hydrogen) atoms. The number of aromatic nitrogens is 2. The first-order valence-corrected chi connectivity index (χ1v) is 4.22. The second-order valence-corrected chi connectivity index (χ2v) is 3.04. The predicted octanol–water partition coefficient (Wildman–Crippen LogP) is 2.14. The molecule has 4 heteroatoms. The van der Waals surface area contributed by atoms with Crippen molar-refractivity contribution in [3.8, 4) is 5.40 Å². The van der Waals surface area contributed by atoms with Gasteiger partial charge >= 0.3 is 0 Å². The van der Waals surface area contributed by atoms with E-state index in [2.05, 4.69) is 10.2 Å². The smallest absolute Gasteiger partial charge is 0.140 e. The van der Waals surface area contributed by atoms with Gasteiger partial charge in [0.15, 0.2) is 0 Å². The Balaban J connectivity index is 2.64. The van der Waals surface area contributed by atoms with Crippen molar-refractivity contribution in [1.29, 1.82) is 5.26 Å². The predicted molar refractivity (Wildman–Crippen MR) is 47.6 cm³/mol. The zero-order valence-corrected chi connectivity index (χ0v) is 6.93. The Morgan fingerprint density at radius 3 is 3.08 bits per heavy atom. The fourth-order valence-corrected chi connectivity index (χ4v) is 1.53. The van der Waals surface area contributed by atoms with E-state index in [-0.39, 0.29) is 0 Å². The molecule has 0 saturated heterocycles. The van der Waals surface area contributed by atoms with E-state index in [4.69, 9.17) is 5.26 Å². The van der Waals surface area contributed by atoms with Gasteiger partial charge in [0.25, 0.3) is 0 Å². The molecule has 1 aromatic heterocycles. The molecule has 0 aliphatic carbocycles. The molecule has 1 N–H and O–H groups in total. The van der Waals surface area contributed by atoms with Crippen LogP contribution in [-0.4, -0.2) is 10.2 Å². The number of para-hydroxylation sites is 1. The van der Waals surface area contributed by atoms with Gasteiger partial charge in [-0.1, -0.05) is 18.2 Å². The topological polar surface area (TPSA) is 52.5 Å². The molecule has 0 saturated carbocycles. The Morgan fingerprint density at radius 2 is 2.25 bits per heavy atom. The molecule has 58 valence electrons. The van der Waals surface area contributed by atoms with Crippen LogP contribution < -0.4 is 0 Å². The molecule has 2 rings (SSSR count). The van der Waals surface area contributed by atoms with Gasteiger partial charge < -0.3 is 0 Å². The van der Waals surface area contributed by atoms with Gasteiger partial charge in [0.1, 0.15) is 10.4 Å². The second kappa shape index (κ2) is 2.88. The summed E-state index contributed by atoms with van der Waals surface area (Å²) in [5, 5.41) is 19.1. The molecular formula is C8H5N3S. The van der Waals surface area contributed by atoms with Gasteiger partial charge in [-0.25, -0.2) is 0 Å². The quantitative estimate of drug-likeness (QED) is 0.533. The maximum absolute atomic E-state index is 8.46. The zero-order valence-electron chi connectivity index (χ0n) is 6.11. The molecule has 2 aromatic rings. The fraction of sp³-hybridized carbons (Fsp3) is 0. The maximum Gasteiger partial charge on any atom is 0.140 e. The molecule has 0 radical (unpaired) electrons. The van der Waals surface area contributed by atoms with Crippen LogP contribution in [0.1, 0.15) is 0 Å². The number of hydrogen-bond acceptors (Lipinski definition) is 3. The van der Waals surface area contributed by atoms with Gasteiger partial charge in [-0.15, -0.1) is 0 Å². The molecular weight excluding hydrogens is 170 g/mol. The van der Waals surface area contributed by atoms with Crippen molar-refractivity contribution >= 4 is 22.7 Å². The third-order valence-corrected chi connectivity index (χ3v) is 2.17. The Kier molecular flexibility index (Phi) is 1.72. The van der Waals surface area contributed by atoms with Crippen LogP contribution in [0, 0.1) is 10.7 Å². The number of benzene rings is 1. The lowest BCUT2D eigenvalue weighted by molar-refractivity contribution is 1.03. The van der Waals surface area contributed by atoms with Gasteiger partial charge in [-0.3, -0.25) is 5.10 Å². The number of fused-ring (bicyclic) bond motifs is 1. The summed E-state index contributed by atoms with van der Waals surface area (Å²) in [4.78, 5) is 0. The maximum atomic E-state index is 8.46. The number of nitrogens with zero attached hydrogens (tertiary/aromatic N) is 2. The number of hydrogen-bond donors (Lipinski definition) is 1. The SMILES string of the molecule is N#CSc1n[nH]c2ccccc12. The van der Waals surface area contributed by atoms with Gasteiger partial charge in [0.05, 0.1) is 5.52 Å². The highest BCUT2D eigenvalue weighted by Crippen LogP contribution is 2.23. The molecule has 0 aliphatic rings. The molecule has 0 spiro atoms. The summed E-state index contributed by atoms with van der Waals surface area (Å²) < 4.78 is 0. The molecule has 1 aromatic carbocycles. The first kappa shape index (κ1) is 7.19. The summed E-state index contributed by atoms with van der Waals surface area (Å²) in [7, 11) is 0. The molecule has 1 heterocycles. The number of aromatic amines is 1. The van der Waals surface area contributed by atoms with Crippen LogP contribution in [0.4, 0.5) is 0 Å². The summed E-state index contributed by atoms with van der Waals surface area (Å²) in [6, 6.07) is 7.74. The van der Waals surface area contributed by atoms with Crippen molar-refractivity contribution in [2.45, 2.75) is 5.03 Å². The van der Waals surface area contributed by atoms with Gasteiger partial charge in [-0.05, 0) is 6.07 Å². The van der Waals surface area contributed by atoms with E-state index in [9.17, 15) is 0 Å². The van der Waals surface area contributed by atoms with Gasteiger partial charge in [0.2, 0.25) is 0 Å². The normalized spacial score (nSPS) is 9.92. The standard InChI is InChI=1S/C8H5N3S/c9-5-12-8-6-3-1-2-4-7(6)10-11-8/h1-4H,(H,10,11). The van der Waals surface area contributed by atoms with Crippen LogP contribution in [0.25, 0.3) is 10.9 Å². The number of nitriles is 1. The Bertz CT molecular complexity index is 441. The van der Waals surface area contributed by atoms with Crippen molar-refractivity contribution in [3.63, 3.8) is 0 Å². The van der Waals surface area contributed by atoms with E-state index in [0.29, 0.717) is 0 Å². The zero-order chi connectivity index (χ0) is 8.39. The summed E-state index contributed by atoms with van der Waals surface area (Å²) in [5.41, 5.74) is 0.968. The summed E-state index contributed by atoms with van der Waals surface area (Å²) in [6.45, 7) is 0. The van der Waals surface area contributed by atoms with Crippen LogP contribution in [-0.2, 0) is 0 Å². The fourth-order valence-electron chi connectivity index (χ4n) is 1.06. The van der Waals surface area contributed by atoms with Crippen molar-refractivity contribution in [3.05, 3.63) is 24.3 Å². The number of thiocyanates is 1. The third-order valence-electron chi connectivity index (χ3n) is 1.58. The highest BCUT2D eigenvalue weighted by atomic mass is 32.2. The molecule has 0 unspecified atom stereocenters. The van der Waals surface area contributed by atoms with Crippen LogP contribution >= 0.6 is 11.8 Å². The molecule has 0 atom stereocenters. The van der Waals surface area contributed by atoms with E-state index >= 15 is 0 Å². The molecule has 0 bridgehead atoms. The van der Waals surface area contributed by atoms with Crippen LogP contribution in [0.2, 0.25) is 0 Å². The lowest BCUT2D eigenvalue weighted by Gasteiger charge is -1.86. The van der Waals surface area contributed by atoms with Gasteiger partial charge in [0, 0.05) is 17.1 Å². The van der Waals surface area contributed by atoms with E-state index in [1.165, 1.54) is 0 Å². The first-order chi connectivity index (χ1) is 5.92. The van der Waals surface area contributed by atoms with Crippen molar-refractivity contribution < 1.29 is 0 Å². The average Bonchev–Trinajstić information content (AvgIpc) is 2.50. The molecule has 0 amide bonds. The highest BCUT2D eigenvalue weighted by Gasteiger charge is 2.03. The van der Waals surface area contributed by atoms with Crippen LogP contribution in [0.3, 0.4) is 0 Å². The van der Waals surface area contributed by atoms with E-state index < -0.39 is 0 Å². The summed E-state index contributed by atoms with van der Waals surface area (Å²) in [6.07, 6.45) is 0. The largest absolute Gasteiger partial charge is 0.277 e. The van der Waals surface area contributed by atoms with Crippen LogP contribution in [0.15, 0.2) is 29.3 Å². The number of nitrogens with one attached hydrogen (secondary N) is 1. The lowest BCUT2D eigenvalue weighted by Crippen LogP contribution is -1.67. The average molecular weight is 175 g/mol. The third kappa shape index (κ3) is 1.04. The first-order valence-electron chi connectivity index (χ1n) is 3.41. The highest BCUT2D eigenvalue weighted by molar-refractivity contribution is 8.03. The summed E-state index contributed by atoms with van der Waals surface area (Å²) >= 11 is 1.07. The van der Waals surface area contributed by atoms with Gasteiger partial charge in [-0.2, -0.15) is 10.4 Å². The molecule has 3 nitrogen and oxygen atoms in total. The minimum Gasteiger partial charge on any atom is -0.277 e. The monoisotopic (exact) mass is 175 g/mol. The van der Waals surface area contributed by atoms with Crippen molar-refractivity contribution in [2.75, 3.05) is 0 Å². The minimum atomic E-state index is 0.744. The minimum absolute atomic E-state index is 0.744. The Hall–Kier alpha value is -1.47. The Morgan fingerprint density at radius 1 is 1.42 bits per heavy atom. The lowest BCUT2D eigenvalue weighted by atomic mass is 10.3. The second-order valence-electron chi connectivity index (χ2n) is 2.27. The summed E-state index contributed by atoms with van der Waals surface area (Å²) in [5.74, 6) is 0. The number of H-pyrrole nitrogens is 1. The van der Waals surface area contributed by atoms with Crippen LogP contribution in [0.5, 0.6) is 0 Å². The van der Waals surface area contributed by atoms with E-state index in [0.717, 1.165) is 27.7 Å². The number of thioether (sulfide) groups is 1. The van der Waals surface area contributed by atoms with E-state index in [1.54, 1.807) is 0 Å². The van der Waals surface area contributed by atoms with E-state index in [1.807, 2.05) is 29.7 Å². The van der Waals surface area contributed by atoms with Crippen molar-refractivity contribution in [1.82, 2.24) is 10.2 Å².